The molecule has 1 atom stereocenters. The molecule has 130 valence electrons. The summed E-state index contributed by atoms with van der Waals surface area (Å²) in [5, 5.41) is -0.448. The average Bonchev–Trinajstić information content (AvgIpc) is 2.95. The number of thioether (sulfide) groups is 1. The van der Waals surface area contributed by atoms with Crippen molar-refractivity contribution in [3.8, 4) is 0 Å². The SMILES string of the molecule is CCOC(=O)[C@H](C)N1C(=O)S/C(=C/c2cc(C)n(CC)c2C)C1=O. The van der Waals surface area contributed by atoms with E-state index in [0.717, 1.165) is 40.2 Å². The van der Waals surface area contributed by atoms with Gasteiger partial charge in [0, 0.05) is 17.9 Å². The van der Waals surface area contributed by atoms with Gasteiger partial charge >= 0.3 is 5.97 Å². The van der Waals surface area contributed by atoms with Crippen LogP contribution in [0.1, 0.15) is 37.7 Å². The fraction of sp³-hybridized carbons (Fsp3) is 0.471. The zero-order chi connectivity index (χ0) is 18.0. The predicted octanol–water partition coefficient (Wildman–Crippen LogP) is 3.11. The van der Waals surface area contributed by atoms with Crippen molar-refractivity contribution in [3.63, 3.8) is 0 Å². The smallest absolute Gasteiger partial charge is 0.329 e. The summed E-state index contributed by atoms with van der Waals surface area (Å²) in [7, 11) is 0. The molecule has 0 unspecified atom stereocenters. The first-order valence-electron chi connectivity index (χ1n) is 7.92. The molecule has 0 aromatic carbocycles. The van der Waals surface area contributed by atoms with Gasteiger partial charge in [0.05, 0.1) is 11.5 Å². The summed E-state index contributed by atoms with van der Waals surface area (Å²) in [6.45, 7) is 10.3. The maximum Gasteiger partial charge on any atom is 0.329 e. The number of nitrogens with zero attached hydrogens (tertiary/aromatic N) is 2. The average molecular weight is 350 g/mol. The van der Waals surface area contributed by atoms with Gasteiger partial charge in [-0.15, -0.1) is 0 Å². The molecule has 1 aliphatic heterocycles. The third kappa shape index (κ3) is 3.26. The highest BCUT2D eigenvalue weighted by atomic mass is 32.2. The van der Waals surface area contributed by atoms with Crippen LogP contribution in [0, 0.1) is 13.8 Å². The van der Waals surface area contributed by atoms with Crippen LogP contribution in [0.5, 0.6) is 0 Å². The molecule has 24 heavy (non-hydrogen) atoms. The standard InChI is InChI=1S/C17H22N2O4S/c1-6-18-10(3)8-13(11(18)4)9-14-15(20)19(17(22)24-14)12(5)16(21)23-7-2/h8-9,12H,6-7H2,1-5H3/b14-9+/t12-/m0/s1. The third-order valence-electron chi connectivity index (χ3n) is 4.05. The van der Waals surface area contributed by atoms with Crippen molar-refractivity contribution < 1.29 is 19.1 Å². The van der Waals surface area contributed by atoms with Crippen LogP contribution in [0.15, 0.2) is 11.0 Å². The van der Waals surface area contributed by atoms with Crippen molar-refractivity contribution in [2.75, 3.05) is 6.61 Å². The maximum atomic E-state index is 12.5. The van der Waals surface area contributed by atoms with Crippen molar-refractivity contribution in [1.29, 1.82) is 0 Å². The second kappa shape index (κ2) is 7.25. The van der Waals surface area contributed by atoms with Gasteiger partial charge in [0.2, 0.25) is 0 Å². The molecule has 0 saturated carbocycles. The van der Waals surface area contributed by atoms with Crippen LogP contribution in [0.2, 0.25) is 0 Å². The van der Waals surface area contributed by atoms with Crippen molar-refractivity contribution in [2.45, 2.75) is 47.2 Å². The number of imide groups is 1. The van der Waals surface area contributed by atoms with E-state index in [1.807, 2.05) is 19.9 Å². The Morgan fingerprint density at radius 1 is 1.33 bits per heavy atom. The van der Waals surface area contributed by atoms with Crippen molar-refractivity contribution in [3.05, 3.63) is 27.9 Å². The molecule has 0 N–H and O–H groups in total. The minimum Gasteiger partial charge on any atom is -0.464 e. The van der Waals surface area contributed by atoms with Crippen LogP contribution in [0.25, 0.3) is 6.08 Å². The number of esters is 1. The van der Waals surface area contributed by atoms with Crippen LogP contribution in [-0.4, -0.2) is 39.2 Å². The number of rotatable bonds is 5. The van der Waals surface area contributed by atoms with Crippen LogP contribution < -0.4 is 0 Å². The molecule has 0 aliphatic carbocycles. The summed E-state index contributed by atoms with van der Waals surface area (Å²) in [5.74, 6) is -1.03. The summed E-state index contributed by atoms with van der Waals surface area (Å²) in [5.41, 5.74) is 3.05. The lowest BCUT2D eigenvalue weighted by Crippen LogP contribution is -2.42. The molecular weight excluding hydrogens is 328 g/mol. The summed E-state index contributed by atoms with van der Waals surface area (Å²) < 4.78 is 7.04. The molecule has 6 nitrogen and oxygen atoms in total. The first-order valence-corrected chi connectivity index (χ1v) is 8.73. The van der Waals surface area contributed by atoms with Crippen molar-refractivity contribution in [2.24, 2.45) is 0 Å². The lowest BCUT2D eigenvalue weighted by Gasteiger charge is -2.19. The van der Waals surface area contributed by atoms with Gasteiger partial charge < -0.3 is 9.30 Å². The fourth-order valence-electron chi connectivity index (χ4n) is 2.78. The van der Waals surface area contributed by atoms with E-state index >= 15 is 0 Å². The highest BCUT2D eigenvalue weighted by molar-refractivity contribution is 8.18. The van der Waals surface area contributed by atoms with Gasteiger partial charge in [-0.2, -0.15) is 0 Å². The van der Waals surface area contributed by atoms with E-state index < -0.39 is 23.2 Å². The van der Waals surface area contributed by atoms with Gasteiger partial charge in [-0.3, -0.25) is 14.5 Å². The number of ether oxygens (including phenoxy) is 1. The number of amides is 2. The number of aromatic nitrogens is 1. The fourth-order valence-corrected chi connectivity index (χ4v) is 3.68. The molecule has 0 bridgehead atoms. The van der Waals surface area contributed by atoms with E-state index in [9.17, 15) is 14.4 Å². The normalized spacial score (nSPS) is 17.7. The lowest BCUT2D eigenvalue weighted by molar-refractivity contribution is -0.150. The Balaban J connectivity index is 2.30. The summed E-state index contributed by atoms with van der Waals surface area (Å²) in [6, 6.07) is 1.06. The van der Waals surface area contributed by atoms with E-state index in [1.165, 1.54) is 6.92 Å². The Bertz CT molecular complexity index is 720. The van der Waals surface area contributed by atoms with E-state index in [4.69, 9.17) is 4.74 Å². The largest absolute Gasteiger partial charge is 0.464 e. The Labute approximate surface area is 145 Å². The minimum absolute atomic E-state index is 0.207. The molecule has 7 heteroatoms. The van der Waals surface area contributed by atoms with E-state index in [1.54, 1.807) is 13.0 Å². The number of carbonyl (C=O) groups is 3. The molecule has 0 spiro atoms. The first-order chi connectivity index (χ1) is 11.3. The highest BCUT2D eigenvalue weighted by Crippen LogP contribution is 2.34. The molecule has 1 aromatic rings. The van der Waals surface area contributed by atoms with Gasteiger partial charge in [0.15, 0.2) is 0 Å². The summed E-state index contributed by atoms with van der Waals surface area (Å²) >= 11 is 0.853. The predicted molar refractivity (Wildman–Crippen MR) is 93.5 cm³/mol. The molecule has 1 fully saturated rings. The number of hydrogen-bond acceptors (Lipinski definition) is 5. The van der Waals surface area contributed by atoms with E-state index in [-0.39, 0.29) is 6.61 Å². The third-order valence-corrected chi connectivity index (χ3v) is 4.94. The molecule has 2 heterocycles. The molecule has 2 rings (SSSR count). The molecule has 1 aromatic heterocycles. The van der Waals surface area contributed by atoms with Gasteiger partial charge in [0.25, 0.3) is 11.1 Å². The number of aryl methyl sites for hydroxylation is 1. The molecule has 1 saturated heterocycles. The molecule has 0 radical (unpaired) electrons. The summed E-state index contributed by atoms with van der Waals surface area (Å²) in [6.07, 6.45) is 1.72. The molecule has 1 aliphatic rings. The van der Waals surface area contributed by atoms with E-state index in [2.05, 4.69) is 11.5 Å². The van der Waals surface area contributed by atoms with Gasteiger partial charge in [-0.1, -0.05) is 0 Å². The van der Waals surface area contributed by atoms with Crippen LogP contribution >= 0.6 is 11.8 Å². The maximum absolute atomic E-state index is 12.5. The zero-order valence-corrected chi connectivity index (χ0v) is 15.4. The highest BCUT2D eigenvalue weighted by Gasteiger charge is 2.41. The van der Waals surface area contributed by atoms with Crippen molar-refractivity contribution >= 4 is 35.0 Å². The second-order valence-corrected chi connectivity index (χ2v) is 6.54. The van der Waals surface area contributed by atoms with Crippen molar-refractivity contribution in [1.82, 2.24) is 9.47 Å². The summed E-state index contributed by atoms with van der Waals surface area (Å²) in [4.78, 5) is 37.8. The minimum atomic E-state index is -0.925. The first kappa shape index (κ1) is 18.3. The second-order valence-electron chi connectivity index (χ2n) is 5.55. The van der Waals surface area contributed by atoms with Crippen LogP contribution in [-0.2, 0) is 20.9 Å². The lowest BCUT2D eigenvalue weighted by atomic mass is 10.2. The topological polar surface area (TPSA) is 68.6 Å². The Hall–Kier alpha value is -2.02. The van der Waals surface area contributed by atoms with Gasteiger partial charge in [-0.25, -0.2) is 4.79 Å². The number of carbonyl (C=O) groups excluding carboxylic acids is 3. The Morgan fingerprint density at radius 3 is 2.54 bits per heavy atom. The van der Waals surface area contributed by atoms with Crippen LogP contribution in [0.3, 0.4) is 0 Å². The zero-order valence-electron chi connectivity index (χ0n) is 14.6. The van der Waals surface area contributed by atoms with Crippen LogP contribution in [0.4, 0.5) is 4.79 Å². The monoisotopic (exact) mass is 350 g/mol. The molecular formula is C17H22N2O4S. The molecule has 2 amide bonds. The Kier molecular flexibility index (Phi) is 5.54. The van der Waals surface area contributed by atoms with E-state index in [0.29, 0.717) is 4.91 Å². The van der Waals surface area contributed by atoms with Gasteiger partial charge in [0.1, 0.15) is 6.04 Å². The Morgan fingerprint density at radius 2 is 2.00 bits per heavy atom. The quantitative estimate of drug-likeness (QED) is 0.603. The number of hydrogen-bond donors (Lipinski definition) is 0. The van der Waals surface area contributed by atoms with Gasteiger partial charge in [-0.05, 0) is 64.1 Å².